The summed E-state index contributed by atoms with van der Waals surface area (Å²) in [6, 6.07) is 14.0. The van der Waals surface area contributed by atoms with Crippen molar-refractivity contribution in [3.63, 3.8) is 0 Å². The third-order valence-electron chi connectivity index (χ3n) is 4.91. The Balaban J connectivity index is 1.79. The summed E-state index contributed by atoms with van der Waals surface area (Å²) < 4.78 is 10.7. The second-order valence-corrected chi connectivity index (χ2v) is 7.69. The van der Waals surface area contributed by atoms with E-state index in [1.165, 1.54) is 25.7 Å². The van der Waals surface area contributed by atoms with Crippen molar-refractivity contribution in [2.24, 2.45) is 0 Å². The van der Waals surface area contributed by atoms with E-state index in [-0.39, 0.29) is 17.7 Å². The molecule has 0 radical (unpaired) electrons. The number of carbonyl (C=O) groups is 2. The Morgan fingerprint density at radius 2 is 1.27 bits per heavy atom. The molecule has 0 unspecified atom stereocenters. The van der Waals surface area contributed by atoms with Crippen molar-refractivity contribution in [1.29, 1.82) is 0 Å². The maximum Gasteiger partial charge on any atom is 0.339 e. The zero-order valence-corrected chi connectivity index (χ0v) is 18.5. The quantitative estimate of drug-likeness (QED) is 0.264. The molecular weight excluding hydrogens is 400 g/mol. The second-order valence-electron chi connectivity index (χ2n) is 7.28. The minimum absolute atomic E-state index is 0.185. The molecule has 0 amide bonds. The highest BCUT2D eigenvalue weighted by Gasteiger charge is 2.19. The van der Waals surface area contributed by atoms with Gasteiger partial charge in [0.25, 0.3) is 0 Å². The van der Waals surface area contributed by atoms with E-state index in [1.54, 1.807) is 30.3 Å². The van der Waals surface area contributed by atoms with Crippen LogP contribution in [-0.4, -0.2) is 25.2 Å². The molecule has 0 saturated heterocycles. The van der Waals surface area contributed by atoms with Gasteiger partial charge in [-0.25, -0.2) is 9.59 Å². The highest BCUT2D eigenvalue weighted by atomic mass is 35.5. The van der Waals surface area contributed by atoms with Gasteiger partial charge in [-0.1, -0.05) is 87.4 Å². The topological polar surface area (TPSA) is 52.6 Å². The monoisotopic (exact) mass is 430 g/mol. The van der Waals surface area contributed by atoms with Gasteiger partial charge >= 0.3 is 11.9 Å². The first-order valence-electron chi connectivity index (χ1n) is 10.8. The lowest BCUT2D eigenvalue weighted by Crippen LogP contribution is -2.15. The summed E-state index contributed by atoms with van der Waals surface area (Å²) in [5.41, 5.74) is 1.37. The van der Waals surface area contributed by atoms with Crippen LogP contribution in [0.25, 0.3) is 0 Å². The third-order valence-corrected chi connectivity index (χ3v) is 5.28. The number of rotatable bonds is 13. The average molecular weight is 431 g/mol. The highest BCUT2D eigenvalue weighted by Crippen LogP contribution is 2.17. The first kappa shape index (κ1) is 23.9. The molecule has 0 fully saturated rings. The number of halogens is 1. The molecule has 162 valence electrons. The number of hydrogen-bond acceptors (Lipinski definition) is 4. The molecule has 0 N–H and O–H groups in total. The van der Waals surface area contributed by atoms with Gasteiger partial charge in [0.2, 0.25) is 0 Å². The molecule has 2 aromatic rings. The first-order chi connectivity index (χ1) is 14.6. The molecule has 0 spiro atoms. The lowest BCUT2D eigenvalue weighted by atomic mass is 10.1. The number of unbranched alkanes of at least 4 members (excludes halogenated alkanes) is 6. The molecule has 0 aliphatic rings. The SMILES string of the molecule is CCCCCCCCCOC(=O)c1ccccc1C(=O)OCCc1ccccc1Cl. The summed E-state index contributed by atoms with van der Waals surface area (Å²) in [5.74, 6) is -1.02. The van der Waals surface area contributed by atoms with Crippen molar-refractivity contribution in [3.8, 4) is 0 Å². The van der Waals surface area contributed by atoms with E-state index < -0.39 is 11.9 Å². The molecule has 0 saturated carbocycles. The van der Waals surface area contributed by atoms with E-state index in [4.69, 9.17) is 21.1 Å². The number of benzene rings is 2. The van der Waals surface area contributed by atoms with Crippen LogP contribution in [0.4, 0.5) is 0 Å². The van der Waals surface area contributed by atoms with Crippen molar-refractivity contribution in [2.75, 3.05) is 13.2 Å². The van der Waals surface area contributed by atoms with Gasteiger partial charge in [-0.15, -0.1) is 0 Å². The van der Waals surface area contributed by atoms with E-state index in [2.05, 4.69) is 6.92 Å². The second kappa shape index (κ2) is 13.8. The Kier molecular flexibility index (Phi) is 11.0. The molecule has 0 aromatic heterocycles. The van der Waals surface area contributed by atoms with Crippen LogP contribution >= 0.6 is 11.6 Å². The van der Waals surface area contributed by atoms with Gasteiger partial charge in [0.05, 0.1) is 24.3 Å². The fourth-order valence-corrected chi connectivity index (χ4v) is 3.40. The maximum atomic E-state index is 12.5. The van der Waals surface area contributed by atoms with Crippen LogP contribution in [0.3, 0.4) is 0 Å². The zero-order valence-electron chi connectivity index (χ0n) is 17.7. The van der Waals surface area contributed by atoms with Gasteiger partial charge in [0.1, 0.15) is 0 Å². The van der Waals surface area contributed by atoms with Gasteiger partial charge in [-0.2, -0.15) is 0 Å². The Labute approximate surface area is 184 Å². The maximum absolute atomic E-state index is 12.5. The van der Waals surface area contributed by atoms with Crippen LogP contribution in [0.2, 0.25) is 5.02 Å². The standard InChI is InChI=1S/C25H31ClO4/c1-2-3-4-5-6-7-12-18-29-24(27)21-14-9-10-15-22(21)25(28)30-19-17-20-13-8-11-16-23(20)26/h8-11,13-16H,2-7,12,17-19H2,1H3. The van der Waals surface area contributed by atoms with E-state index >= 15 is 0 Å². The fraction of sp³-hybridized carbons (Fsp3) is 0.440. The zero-order chi connectivity index (χ0) is 21.6. The summed E-state index contributed by atoms with van der Waals surface area (Å²) in [7, 11) is 0. The van der Waals surface area contributed by atoms with Crippen molar-refractivity contribution in [3.05, 3.63) is 70.2 Å². The molecule has 0 bridgehead atoms. The first-order valence-corrected chi connectivity index (χ1v) is 11.2. The highest BCUT2D eigenvalue weighted by molar-refractivity contribution is 6.31. The van der Waals surface area contributed by atoms with Crippen molar-refractivity contribution >= 4 is 23.5 Å². The van der Waals surface area contributed by atoms with Gasteiger partial charge < -0.3 is 9.47 Å². The normalized spacial score (nSPS) is 10.6. The number of carbonyl (C=O) groups excluding carboxylic acids is 2. The molecule has 2 aromatic carbocycles. The number of esters is 2. The lowest BCUT2D eigenvalue weighted by Gasteiger charge is -2.10. The average Bonchev–Trinajstić information content (AvgIpc) is 2.76. The predicted octanol–water partition coefficient (Wildman–Crippen LogP) is 6.65. The van der Waals surface area contributed by atoms with Crippen LogP contribution in [0, 0.1) is 0 Å². The smallest absolute Gasteiger partial charge is 0.339 e. The molecule has 0 atom stereocenters. The summed E-state index contributed by atoms with van der Waals surface area (Å²) in [5, 5.41) is 0.642. The van der Waals surface area contributed by atoms with Crippen molar-refractivity contribution in [2.45, 2.75) is 58.3 Å². The van der Waals surface area contributed by atoms with Crippen LogP contribution in [0.15, 0.2) is 48.5 Å². The largest absolute Gasteiger partial charge is 0.462 e. The van der Waals surface area contributed by atoms with E-state index in [1.807, 2.05) is 18.2 Å². The number of hydrogen-bond donors (Lipinski definition) is 0. The van der Waals surface area contributed by atoms with Crippen LogP contribution in [0.5, 0.6) is 0 Å². The van der Waals surface area contributed by atoms with Gasteiger partial charge in [0.15, 0.2) is 0 Å². The molecule has 30 heavy (non-hydrogen) atoms. The minimum atomic E-state index is -0.537. The Bertz CT molecular complexity index is 803. The van der Waals surface area contributed by atoms with Gasteiger partial charge in [-0.05, 0) is 30.2 Å². The molecule has 0 heterocycles. The Morgan fingerprint density at radius 1 is 0.733 bits per heavy atom. The summed E-state index contributed by atoms with van der Waals surface area (Å²) in [4.78, 5) is 24.9. The van der Waals surface area contributed by atoms with Crippen molar-refractivity contribution in [1.82, 2.24) is 0 Å². The molecule has 0 aliphatic carbocycles. The van der Waals surface area contributed by atoms with Crippen LogP contribution < -0.4 is 0 Å². The minimum Gasteiger partial charge on any atom is -0.462 e. The van der Waals surface area contributed by atoms with E-state index in [0.717, 1.165) is 24.8 Å². The fourth-order valence-electron chi connectivity index (χ4n) is 3.17. The predicted molar refractivity (Wildman–Crippen MR) is 120 cm³/mol. The van der Waals surface area contributed by atoms with Crippen LogP contribution in [0.1, 0.15) is 78.1 Å². The molecule has 2 rings (SSSR count). The lowest BCUT2D eigenvalue weighted by molar-refractivity contribution is 0.0456. The van der Waals surface area contributed by atoms with E-state index in [9.17, 15) is 9.59 Å². The molecule has 5 heteroatoms. The molecule has 0 aliphatic heterocycles. The summed E-state index contributed by atoms with van der Waals surface area (Å²) >= 11 is 6.12. The van der Waals surface area contributed by atoms with Crippen LogP contribution in [-0.2, 0) is 15.9 Å². The Morgan fingerprint density at radius 3 is 1.90 bits per heavy atom. The molecular formula is C25H31ClO4. The Hall–Kier alpha value is -2.33. The number of ether oxygens (including phenoxy) is 2. The summed E-state index contributed by atoms with van der Waals surface area (Å²) in [6.45, 7) is 2.75. The third kappa shape index (κ3) is 8.19. The van der Waals surface area contributed by atoms with Gasteiger partial charge in [0, 0.05) is 11.4 Å². The molecule has 4 nitrogen and oxygen atoms in total. The summed E-state index contributed by atoms with van der Waals surface area (Å²) in [6.07, 6.45) is 8.56. The van der Waals surface area contributed by atoms with E-state index in [0.29, 0.717) is 18.1 Å². The van der Waals surface area contributed by atoms with Crippen molar-refractivity contribution < 1.29 is 19.1 Å². The van der Waals surface area contributed by atoms with Gasteiger partial charge in [-0.3, -0.25) is 0 Å².